The minimum absolute atomic E-state index is 0.0623. The summed E-state index contributed by atoms with van der Waals surface area (Å²) in [5, 5.41) is 5.29. The van der Waals surface area contributed by atoms with E-state index in [0.717, 1.165) is 23.4 Å². The van der Waals surface area contributed by atoms with Gasteiger partial charge in [0, 0.05) is 18.7 Å². The van der Waals surface area contributed by atoms with E-state index in [0.29, 0.717) is 6.54 Å². The van der Waals surface area contributed by atoms with Gasteiger partial charge in [0.05, 0.1) is 5.69 Å². The average molecular weight is 308 g/mol. The third-order valence-corrected chi connectivity index (χ3v) is 3.12. The highest BCUT2D eigenvalue weighted by atomic mass is 19.2. The van der Waals surface area contributed by atoms with Crippen LogP contribution in [0.2, 0.25) is 0 Å². The van der Waals surface area contributed by atoms with Crippen molar-refractivity contribution < 1.29 is 18.0 Å². The van der Waals surface area contributed by atoms with Crippen LogP contribution in [0.3, 0.4) is 0 Å². The summed E-state index contributed by atoms with van der Waals surface area (Å²) in [5.41, 5.74) is 1.56. The molecule has 0 aromatic heterocycles. The van der Waals surface area contributed by atoms with Crippen LogP contribution in [0.25, 0.3) is 0 Å². The molecule has 116 valence electrons. The minimum atomic E-state index is -1.60. The van der Waals surface area contributed by atoms with Gasteiger partial charge in [0.15, 0.2) is 17.5 Å². The van der Waals surface area contributed by atoms with Crippen molar-refractivity contribution >= 4 is 17.3 Å². The van der Waals surface area contributed by atoms with Gasteiger partial charge in [-0.2, -0.15) is 0 Å². The Morgan fingerprint density at radius 1 is 1.00 bits per heavy atom. The Labute approximate surface area is 126 Å². The lowest BCUT2D eigenvalue weighted by Crippen LogP contribution is -2.17. The zero-order chi connectivity index (χ0) is 16.1. The zero-order valence-electron chi connectivity index (χ0n) is 11.9. The van der Waals surface area contributed by atoms with Gasteiger partial charge in [0.1, 0.15) is 0 Å². The molecular weight excluding hydrogens is 293 g/mol. The van der Waals surface area contributed by atoms with Crippen LogP contribution in [0.1, 0.15) is 12.0 Å². The number of anilines is 2. The van der Waals surface area contributed by atoms with Crippen molar-refractivity contribution in [3.8, 4) is 0 Å². The normalized spacial score (nSPS) is 10.4. The molecule has 0 aliphatic carbocycles. The summed E-state index contributed by atoms with van der Waals surface area (Å²) in [6, 6.07) is 9.33. The SMILES string of the molecule is Cc1ccccc1NCCC(=O)Nc1ccc(F)c(F)c1F. The van der Waals surface area contributed by atoms with Gasteiger partial charge < -0.3 is 10.6 Å². The molecule has 0 aliphatic heterocycles. The number of halogens is 3. The average Bonchev–Trinajstić information content (AvgIpc) is 2.50. The number of nitrogens with one attached hydrogen (secondary N) is 2. The van der Waals surface area contributed by atoms with Crippen LogP contribution in [0.5, 0.6) is 0 Å². The number of para-hydroxylation sites is 1. The van der Waals surface area contributed by atoms with Crippen molar-refractivity contribution in [2.45, 2.75) is 13.3 Å². The molecule has 0 aliphatic rings. The van der Waals surface area contributed by atoms with Crippen LogP contribution in [0.15, 0.2) is 36.4 Å². The number of hydrogen-bond acceptors (Lipinski definition) is 2. The van der Waals surface area contributed by atoms with Crippen molar-refractivity contribution in [2.24, 2.45) is 0 Å². The molecule has 0 radical (unpaired) electrons. The van der Waals surface area contributed by atoms with Crippen LogP contribution in [0.4, 0.5) is 24.5 Å². The topological polar surface area (TPSA) is 41.1 Å². The quantitative estimate of drug-likeness (QED) is 0.824. The van der Waals surface area contributed by atoms with E-state index in [1.54, 1.807) is 0 Å². The highest BCUT2D eigenvalue weighted by molar-refractivity contribution is 5.91. The Morgan fingerprint density at radius 3 is 2.45 bits per heavy atom. The molecular formula is C16H15F3N2O. The van der Waals surface area contributed by atoms with E-state index in [9.17, 15) is 18.0 Å². The van der Waals surface area contributed by atoms with E-state index in [1.165, 1.54) is 0 Å². The number of carbonyl (C=O) groups excluding carboxylic acids is 1. The Bertz CT molecular complexity index is 689. The van der Waals surface area contributed by atoms with Gasteiger partial charge in [0.2, 0.25) is 5.91 Å². The molecule has 22 heavy (non-hydrogen) atoms. The summed E-state index contributed by atoms with van der Waals surface area (Å²) in [7, 11) is 0. The van der Waals surface area contributed by atoms with Crippen LogP contribution in [0, 0.1) is 24.4 Å². The highest BCUT2D eigenvalue weighted by Gasteiger charge is 2.14. The molecule has 2 aromatic rings. The first kappa shape index (κ1) is 15.9. The second kappa shape index (κ2) is 6.98. The Hall–Kier alpha value is -2.50. The van der Waals surface area contributed by atoms with Crippen LogP contribution >= 0.6 is 0 Å². The first-order chi connectivity index (χ1) is 10.5. The largest absolute Gasteiger partial charge is 0.384 e. The van der Waals surface area contributed by atoms with Crippen molar-refractivity contribution in [3.63, 3.8) is 0 Å². The number of hydrogen-bond donors (Lipinski definition) is 2. The van der Waals surface area contributed by atoms with Crippen molar-refractivity contribution in [1.29, 1.82) is 0 Å². The van der Waals surface area contributed by atoms with Crippen molar-refractivity contribution in [1.82, 2.24) is 0 Å². The predicted molar refractivity (Wildman–Crippen MR) is 79.2 cm³/mol. The molecule has 2 N–H and O–H groups in total. The van der Waals surface area contributed by atoms with E-state index in [1.807, 2.05) is 31.2 Å². The second-order valence-electron chi connectivity index (χ2n) is 4.76. The first-order valence-corrected chi connectivity index (χ1v) is 6.72. The van der Waals surface area contributed by atoms with Crippen LogP contribution < -0.4 is 10.6 Å². The number of rotatable bonds is 5. The highest BCUT2D eigenvalue weighted by Crippen LogP contribution is 2.19. The van der Waals surface area contributed by atoms with Gasteiger partial charge >= 0.3 is 0 Å². The summed E-state index contributed by atoms with van der Waals surface area (Å²) in [6.45, 7) is 2.26. The third kappa shape index (κ3) is 3.78. The van der Waals surface area contributed by atoms with Crippen LogP contribution in [-0.2, 0) is 4.79 Å². The molecule has 0 unspecified atom stereocenters. The fourth-order valence-corrected chi connectivity index (χ4v) is 1.92. The van der Waals surface area contributed by atoms with Gasteiger partial charge in [-0.05, 0) is 30.7 Å². The Kier molecular flexibility index (Phi) is 5.04. The maximum absolute atomic E-state index is 13.4. The molecule has 3 nitrogen and oxygen atoms in total. The van der Waals surface area contributed by atoms with Crippen molar-refractivity contribution in [3.05, 3.63) is 59.4 Å². The standard InChI is InChI=1S/C16H15F3N2O/c1-10-4-2-3-5-12(10)20-9-8-14(22)21-13-7-6-11(17)15(18)16(13)19/h2-7,20H,8-9H2,1H3,(H,21,22). The van der Waals surface area contributed by atoms with E-state index in [4.69, 9.17) is 0 Å². The Balaban J connectivity index is 1.89. The molecule has 6 heteroatoms. The fourth-order valence-electron chi connectivity index (χ4n) is 1.92. The van der Waals surface area contributed by atoms with E-state index < -0.39 is 23.4 Å². The smallest absolute Gasteiger partial charge is 0.226 e. The van der Waals surface area contributed by atoms with E-state index in [-0.39, 0.29) is 12.1 Å². The van der Waals surface area contributed by atoms with Gasteiger partial charge in [-0.15, -0.1) is 0 Å². The van der Waals surface area contributed by atoms with Gasteiger partial charge in [-0.3, -0.25) is 4.79 Å². The zero-order valence-corrected chi connectivity index (χ0v) is 11.9. The molecule has 0 fully saturated rings. The summed E-state index contributed by atoms with van der Waals surface area (Å²) in [4.78, 5) is 11.7. The lowest BCUT2D eigenvalue weighted by molar-refractivity contribution is -0.116. The maximum Gasteiger partial charge on any atom is 0.226 e. The molecule has 2 aromatic carbocycles. The van der Waals surface area contributed by atoms with Gasteiger partial charge in [0.25, 0.3) is 0 Å². The molecule has 0 atom stereocenters. The monoisotopic (exact) mass is 308 g/mol. The molecule has 0 saturated heterocycles. The van der Waals surface area contributed by atoms with Crippen molar-refractivity contribution in [2.75, 3.05) is 17.2 Å². The lowest BCUT2D eigenvalue weighted by Gasteiger charge is -2.10. The summed E-state index contributed by atoms with van der Waals surface area (Å²) >= 11 is 0. The van der Waals surface area contributed by atoms with E-state index in [2.05, 4.69) is 10.6 Å². The number of aryl methyl sites for hydroxylation is 1. The fraction of sp³-hybridized carbons (Fsp3) is 0.188. The molecule has 0 bridgehead atoms. The summed E-state index contributed by atoms with van der Waals surface area (Å²) in [6.07, 6.45) is 0.0623. The molecule has 0 spiro atoms. The summed E-state index contributed by atoms with van der Waals surface area (Å²) < 4.78 is 39.3. The molecule has 0 saturated carbocycles. The third-order valence-electron chi connectivity index (χ3n) is 3.12. The molecule has 1 amide bonds. The van der Waals surface area contributed by atoms with Gasteiger partial charge in [-0.1, -0.05) is 18.2 Å². The predicted octanol–water partition coefficient (Wildman–Crippen LogP) is 3.85. The second-order valence-corrected chi connectivity index (χ2v) is 4.76. The van der Waals surface area contributed by atoms with Gasteiger partial charge in [-0.25, -0.2) is 13.2 Å². The Morgan fingerprint density at radius 2 is 1.73 bits per heavy atom. The van der Waals surface area contributed by atoms with E-state index >= 15 is 0 Å². The molecule has 2 rings (SSSR count). The lowest BCUT2D eigenvalue weighted by atomic mass is 10.2. The van der Waals surface area contributed by atoms with Crippen LogP contribution in [-0.4, -0.2) is 12.5 Å². The number of amides is 1. The maximum atomic E-state index is 13.4. The number of benzene rings is 2. The first-order valence-electron chi connectivity index (χ1n) is 6.72. The minimum Gasteiger partial charge on any atom is -0.384 e. The number of carbonyl (C=O) groups is 1. The molecule has 0 heterocycles. The summed E-state index contributed by atoms with van der Waals surface area (Å²) in [5.74, 6) is -4.79.